The first-order chi connectivity index (χ1) is 10.3. The van der Waals surface area contributed by atoms with Crippen molar-refractivity contribution < 1.29 is 12.8 Å². The molecule has 0 radical (unpaired) electrons. The molecule has 0 atom stereocenters. The highest BCUT2D eigenvalue weighted by Gasteiger charge is 2.28. The van der Waals surface area contributed by atoms with E-state index in [-0.39, 0.29) is 12.2 Å². The number of nitrogens with zero attached hydrogens (tertiary/aromatic N) is 2. The zero-order valence-corrected chi connectivity index (χ0v) is 14.4. The molecule has 22 heavy (non-hydrogen) atoms. The Bertz CT molecular complexity index is 742. The number of halogens is 1. The van der Waals surface area contributed by atoms with Crippen molar-refractivity contribution in [1.29, 1.82) is 0 Å². The second-order valence-electron chi connectivity index (χ2n) is 5.23. The Morgan fingerprint density at radius 1 is 1.32 bits per heavy atom. The molecule has 7 heteroatoms. The number of aromatic nitrogens is 1. The lowest BCUT2D eigenvalue weighted by Gasteiger charge is -2.26. The van der Waals surface area contributed by atoms with Gasteiger partial charge in [0.05, 0.1) is 21.6 Å². The lowest BCUT2D eigenvalue weighted by molar-refractivity contribution is 0.576. The summed E-state index contributed by atoms with van der Waals surface area (Å²) in [6.45, 7) is 5.25. The van der Waals surface area contributed by atoms with Crippen molar-refractivity contribution in [3.63, 3.8) is 0 Å². The monoisotopic (exact) mass is 342 g/mol. The number of anilines is 1. The summed E-state index contributed by atoms with van der Waals surface area (Å²) in [7, 11) is -3.61. The first-order valence-corrected chi connectivity index (χ1v) is 9.37. The van der Waals surface area contributed by atoms with E-state index in [4.69, 9.17) is 0 Å². The molecule has 0 spiro atoms. The van der Waals surface area contributed by atoms with Crippen molar-refractivity contribution in [2.24, 2.45) is 0 Å². The minimum atomic E-state index is -3.61. The summed E-state index contributed by atoms with van der Waals surface area (Å²) in [5.41, 5.74) is 0.908. The molecule has 0 saturated heterocycles. The molecule has 0 N–H and O–H groups in total. The third-order valence-corrected chi connectivity index (χ3v) is 6.27. The van der Waals surface area contributed by atoms with E-state index in [1.54, 1.807) is 26.0 Å². The van der Waals surface area contributed by atoms with E-state index in [1.165, 1.54) is 23.5 Å². The van der Waals surface area contributed by atoms with Crippen molar-refractivity contribution in [3.05, 3.63) is 46.2 Å². The van der Waals surface area contributed by atoms with E-state index >= 15 is 0 Å². The van der Waals surface area contributed by atoms with Gasteiger partial charge in [-0.3, -0.25) is 4.31 Å². The Kier molecular flexibility index (Phi) is 5.18. The molecule has 0 amide bonds. The van der Waals surface area contributed by atoms with E-state index in [1.807, 2.05) is 12.3 Å². The molecule has 2 aromatic rings. The summed E-state index contributed by atoms with van der Waals surface area (Å²) in [4.78, 5) is 4.33. The fraction of sp³-hybridized carbons (Fsp3) is 0.400. The van der Waals surface area contributed by atoms with Crippen molar-refractivity contribution in [3.8, 4) is 0 Å². The Hall–Kier alpha value is -1.47. The summed E-state index contributed by atoms with van der Waals surface area (Å²) in [5.74, 6) is -0.541. The Morgan fingerprint density at radius 2 is 2.00 bits per heavy atom. The molecule has 0 fully saturated rings. The number of rotatable bonds is 6. The molecule has 4 nitrogen and oxygen atoms in total. The van der Waals surface area contributed by atoms with Crippen LogP contribution in [0.2, 0.25) is 0 Å². The number of hydrogen-bond donors (Lipinski definition) is 0. The molecule has 2 rings (SSSR count). The number of hydrogen-bond acceptors (Lipinski definition) is 4. The number of thiazole rings is 1. The zero-order chi connectivity index (χ0) is 16.3. The highest BCUT2D eigenvalue weighted by molar-refractivity contribution is 7.93. The number of aryl methyl sites for hydroxylation is 1. The molecule has 1 aromatic carbocycles. The summed E-state index contributed by atoms with van der Waals surface area (Å²) in [6, 6.07) is 5.93. The van der Waals surface area contributed by atoms with Crippen molar-refractivity contribution >= 4 is 27.0 Å². The van der Waals surface area contributed by atoms with Gasteiger partial charge in [0.2, 0.25) is 10.0 Å². The normalized spacial score (nSPS) is 11.9. The Morgan fingerprint density at radius 3 is 2.55 bits per heavy atom. The molecule has 0 aliphatic rings. The van der Waals surface area contributed by atoms with Gasteiger partial charge in [-0.25, -0.2) is 17.8 Å². The third kappa shape index (κ3) is 3.64. The topological polar surface area (TPSA) is 50.3 Å². The van der Waals surface area contributed by atoms with Gasteiger partial charge in [-0.1, -0.05) is 12.1 Å². The molecular weight excluding hydrogens is 323 g/mol. The Balaban J connectivity index is 2.32. The van der Waals surface area contributed by atoms with Gasteiger partial charge < -0.3 is 0 Å². The van der Waals surface area contributed by atoms with Gasteiger partial charge in [-0.2, -0.15) is 0 Å². The van der Waals surface area contributed by atoms with Crippen LogP contribution in [-0.2, 0) is 16.4 Å². The van der Waals surface area contributed by atoms with E-state index in [2.05, 4.69) is 4.98 Å². The maximum Gasteiger partial charge on any atom is 0.237 e. The minimum Gasteiger partial charge on any atom is -0.267 e. The van der Waals surface area contributed by atoms with Crippen LogP contribution >= 0.6 is 11.3 Å². The van der Waals surface area contributed by atoms with Gasteiger partial charge in [0, 0.05) is 18.3 Å². The van der Waals surface area contributed by atoms with E-state index in [9.17, 15) is 12.8 Å². The molecule has 120 valence electrons. The van der Waals surface area contributed by atoms with Crippen LogP contribution in [0.4, 0.5) is 10.1 Å². The van der Waals surface area contributed by atoms with E-state index in [0.29, 0.717) is 6.42 Å². The van der Waals surface area contributed by atoms with Crippen LogP contribution in [0.25, 0.3) is 0 Å². The smallest absolute Gasteiger partial charge is 0.237 e. The zero-order valence-electron chi connectivity index (χ0n) is 12.8. The first-order valence-electron chi connectivity index (χ1n) is 6.99. The van der Waals surface area contributed by atoms with Crippen LogP contribution in [0, 0.1) is 12.7 Å². The van der Waals surface area contributed by atoms with Gasteiger partial charge in [0.1, 0.15) is 5.82 Å². The number of benzene rings is 1. The SMILES string of the molecule is Cc1nc(CCN(c2ccccc2F)S(=O)(=O)C(C)C)cs1. The third-order valence-electron chi connectivity index (χ3n) is 3.26. The lowest BCUT2D eigenvalue weighted by Crippen LogP contribution is -2.38. The standard InChI is InChI=1S/C15H19FN2O2S2/c1-11(2)22(19,20)18(15-7-5-4-6-14(15)16)9-8-13-10-21-12(3)17-13/h4-7,10-11H,8-9H2,1-3H3. The van der Waals surface area contributed by atoms with Crippen LogP contribution in [0.1, 0.15) is 24.5 Å². The maximum atomic E-state index is 14.0. The summed E-state index contributed by atoms with van der Waals surface area (Å²) >= 11 is 1.52. The average molecular weight is 342 g/mol. The fourth-order valence-electron chi connectivity index (χ4n) is 2.03. The number of sulfonamides is 1. The summed E-state index contributed by atoms with van der Waals surface area (Å²) in [6.07, 6.45) is 0.449. The van der Waals surface area contributed by atoms with Gasteiger partial charge in [-0.15, -0.1) is 11.3 Å². The molecule has 0 saturated carbocycles. The minimum absolute atomic E-state index is 0.0863. The van der Waals surface area contributed by atoms with Gasteiger partial charge in [0.25, 0.3) is 0 Å². The Labute approximate surface area is 134 Å². The van der Waals surface area contributed by atoms with Crippen molar-refractivity contribution in [2.75, 3.05) is 10.8 Å². The average Bonchev–Trinajstić information content (AvgIpc) is 2.86. The quantitative estimate of drug-likeness (QED) is 0.809. The van der Waals surface area contributed by atoms with Crippen LogP contribution in [0.15, 0.2) is 29.6 Å². The van der Waals surface area contributed by atoms with E-state index < -0.39 is 21.1 Å². The molecule has 0 aliphatic heterocycles. The lowest BCUT2D eigenvalue weighted by atomic mass is 10.3. The maximum absolute atomic E-state index is 14.0. The van der Waals surface area contributed by atoms with Crippen LogP contribution < -0.4 is 4.31 Å². The molecule has 0 bridgehead atoms. The highest BCUT2D eigenvalue weighted by atomic mass is 32.2. The van der Waals surface area contributed by atoms with Crippen LogP contribution in [-0.4, -0.2) is 25.2 Å². The van der Waals surface area contributed by atoms with Gasteiger partial charge >= 0.3 is 0 Å². The molecule has 0 unspecified atom stereocenters. The number of para-hydroxylation sites is 1. The molecule has 1 aromatic heterocycles. The molecule has 0 aliphatic carbocycles. The molecule has 1 heterocycles. The second-order valence-corrected chi connectivity index (χ2v) is 8.70. The van der Waals surface area contributed by atoms with Gasteiger partial charge in [0.15, 0.2) is 0 Å². The van der Waals surface area contributed by atoms with Crippen LogP contribution in [0.3, 0.4) is 0 Å². The van der Waals surface area contributed by atoms with Crippen molar-refractivity contribution in [2.45, 2.75) is 32.4 Å². The van der Waals surface area contributed by atoms with Gasteiger partial charge in [-0.05, 0) is 32.9 Å². The predicted octanol–water partition coefficient (Wildman–Crippen LogP) is 3.38. The van der Waals surface area contributed by atoms with E-state index in [0.717, 1.165) is 15.0 Å². The van der Waals surface area contributed by atoms with Crippen molar-refractivity contribution in [1.82, 2.24) is 4.98 Å². The van der Waals surface area contributed by atoms with Crippen LogP contribution in [0.5, 0.6) is 0 Å². The largest absolute Gasteiger partial charge is 0.267 e. The highest BCUT2D eigenvalue weighted by Crippen LogP contribution is 2.24. The summed E-state index contributed by atoms with van der Waals surface area (Å²) < 4.78 is 40.3. The molecular formula is C15H19FN2O2S2. The second kappa shape index (κ2) is 6.75. The summed E-state index contributed by atoms with van der Waals surface area (Å²) in [5, 5.41) is 2.21. The first kappa shape index (κ1) is 16.9. The fourth-order valence-corrected chi connectivity index (χ4v) is 3.96. The predicted molar refractivity (Wildman–Crippen MR) is 88.4 cm³/mol.